The van der Waals surface area contributed by atoms with Crippen LogP contribution in [0.1, 0.15) is 11.1 Å². The Balaban J connectivity index is 1.77. The van der Waals surface area contributed by atoms with Crippen LogP contribution in [0.2, 0.25) is 5.02 Å². The Hall–Kier alpha value is -3.82. The number of nitrogens with zero attached hydrogens (tertiary/aromatic N) is 1. The van der Waals surface area contributed by atoms with Crippen molar-refractivity contribution in [3.05, 3.63) is 94.3 Å². The number of halogens is 2. The number of nitrogens with one attached hydrogen (secondary N) is 1. The highest BCUT2D eigenvalue weighted by atomic mass is 35.5. The van der Waals surface area contributed by atoms with E-state index in [2.05, 4.69) is 5.32 Å². The van der Waals surface area contributed by atoms with Gasteiger partial charge in [0.25, 0.3) is 5.91 Å². The van der Waals surface area contributed by atoms with E-state index in [0.29, 0.717) is 22.1 Å². The lowest BCUT2D eigenvalue weighted by molar-refractivity contribution is -0.112. The lowest BCUT2D eigenvalue weighted by Crippen LogP contribution is -2.14. The fourth-order valence-corrected chi connectivity index (χ4v) is 2.92. The zero-order valence-electron chi connectivity index (χ0n) is 16.6. The molecule has 7 heteroatoms. The molecule has 0 aliphatic heterocycles. The second-order valence-corrected chi connectivity index (χ2v) is 6.80. The van der Waals surface area contributed by atoms with E-state index in [0.717, 1.165) is 5.56 Å². The fraction of sp³-hybridized carbons (Fsp3) is 0.0833. The first-order valence-electron chi connectivity index (χ1n) is 9.23. The highest BCUT2D eigenvalue weighted by Gasteiger charge is 2.13. The van der Waals surface area contributed by atoms with Crippen LogP contribution in [0.25, 0.3) is 6.08 Å². The zero-order valence-corrected chi connectivity index (χ0v) is 17.3. The zero-order chi connectivity index (χ0) is 22.2. The number of para-hydroxylation sites is 1. The molecule has 3 rings (SSSR count). The van der Waals surface area contributed by atoms with Crippen LogP contribution in [0, 0.1) is 17.1 Å². The van der Waals surface area contributed by atoms with Crippen molar-refractivity contribution in [2.75, 3.05) is 12.4 Å². The number of benzene rings is 3. The molecule has 0 radical (unpaired) electrons. The predicted octanol–water partition coefficient (Wildman–Crippen LogP) is 5.61. The molecular weight excluding hydrogens is 419 g/mol. The number of hydrogen-bond acceptors (Lipinski definition) is 4. The van der Waals surface area contributed by atoms with Gasteiger partial charge < -0.3 is 14.8 Å². The van der Waals surface area contributed by atoms with Gasteiger partial charge in [-0.1, -0.05) is 48.0 Å². The summed E-state index contributed by atoms with van der Waals surface area (Å²) in [4.78, 5) is 12.4. The topological polar surface area (TPSA) is 71.3 Å². The Morgan fingerprint density at radius 1 is 1.13 bits per heavy atom. The number of nitriles is 1. The lowest BCUT2D eigenvalue weighted by atomic mass is 10.1. The van der Waals surface area contributed by atoms with Gasteiger partial charge in [-0.15, -0.1) is 0 Å². The van der Waals surface area contributed by atoms with Gasteiger partial charge in [-0.25, -0.2) is 4.39 Å². The molecular formula is C24H18ClFN2O3. The van der Waals surface area contributed by atoms with E-state index in [1.165, 1.54) is 31.4 Å². The SMILES string of the molecule is COc1cc(/C=C(/C#N)C(=O)Nc2ccccc2F)ccc1OCc1ccccc1Cl. The Morgan fingerprint density at radius 2 is 1.87 bits per heavy atom. The van der Waals surface area contributed by atoms with Gasteiger partial charge >= 0.3 is 0 Å². The molecule has 31 heavy (non-hydrogen) atoms. The number of hydrogen-bond donors (Lipinski definition) is 1. The highest BCUT2D eigenvalue weighted by molar-refractivity contribution is 6.31. The molecule has 0 saturated heterocycles. The van der Waals surface area contributed by atoms with Crippen molar-refractivity contribution in [2.45, 2.75) is 6.61 Å². The second kappa shape index (κ2) is 10.3. The van der Waals surface area contributed by atoms with Crippen LogP contribution < -0.4 is 14.8 Å². The maximum atomic E-state index is 13.8. The van der Waals surface area contributed by atoms with Crippen molar-refractivity contribution in [3.63, 3.8) is 0 Å². The minimum absolute atomic E-state index is 0.00505. The standard InChI is InChI=1S/C24H18ClFN2O3/c1-30-23-13-16(10-11-22(23)31-15-17-6-2-3-7-19(17)25)12-18(14-27)24(29)28-21-9-5-4-8-20(21)26/h2-13H,15H2,1H3,(H,28,29)/b18-12-. The molecule has 3 aromatic carbocycles. The monoisotopic (exact) mass is 436 g/mol. The summed E-state index contributed by atoms with van der Waals surface area (Å²) in [6, 6.07) is 19.9. The maximum Gasteiger partial charge on any atom is 0.266 e. The van der Waals surface area contributed by atoms with Crippen molar-refractivity contribution in [3.8, 4) is 17.6 Å². The first kappa shape index (κ1) is 21.9. The van der Waals surface area contributed by atoms with Crippen LogP contribution in [-0.4, -0.2) is 13.0 Å². The van der Waals surface area contributed by atoms with E-state index < -0.39 is 11.7 Å². The maximum absolute atomic E-state index is 13.8. The van der Waals surface area contributed by atoms with Gasteiger partial charge in [0.1, 0.15) is 24.1 Å². The molecule has 0 aromatic heterocycles. The Labute approximate surface area is 184 Å². The summed E-state index contributed by atoms with van der Waals surface area (Å²) in [5.41, 5.74) is 1.18. The molecule has 0 atom stereocenters. The number of ether oxygens (including phenoxy) is 2. The summed E-state index contributed by atoms with van der Waals surface area (Å²) in [5.74, 6) is -0.401. The van der Waals surface area contributed by atoms with E-state index in [4.69, 9.17) is 21.1 Å². The molecule has 0 heterocycles. The van der Waals surface area contributed by atoms with Gasteiger partial charge in [0, 0.05) is 10.6 Å². The van der Waals surface area contributed by atoms with Crippen molar-refractivity contribution < 1.29 is 18.7 Å². The first-order valence-corrected chi connectivity index (χ1v) is 9.61. The fourth-order valence-electron chi connectivity index (χ4n) is 2.73. The molecule has 156 valence electrons. The van der Waals surface area contributed by atoms with Gasteiger partial charge in [-0.05, 0) is 42.0 Å². The smallest absolute Gasteiger partial charge is 0.266 e. The molecule has 0 unspecified atom stereocenters. The summed E-state index contributed by atoms with van der Waals surface area (Å²) >= 11 is 6.15. The second-order valence-electron chi connectivity index (χ2n) is 6.39. The largest absolute Gasteiger partial charge is 0.493 e. The minimum Gasteiger partial charge on any atom is -0.493 e. The van der Waals surface area contributed by atoms with Crippen molar-refractivity contribution in [1.82, 2.24) is 0 Å². The van der Waals surface area contributed by atoms with Crippen LogP contribution >= 0.6 is 11.6 Å². The molecule has 1 amide bonds. The Kier molecular flexibility index (Phi) is 7.26. The Morgan fingerprint density at radius 3 is 2.58 bits per heavy atom. The molecule has 0 spiro atoms. The summed E-state index contributed by atoms with van der Waals surface area (Å²) in [6.45, 7) is 0.250. The number of rotatable bonds is 7. The number of carbonyl (C=O) groups excluding carboxylic acids is 1. The van der Waals surface area contributed by atoms with Crippen LogP contribution in [0.3, 0.4) is 0 Å². The van der Waals surface area contributed by atoms with E-state index in [1.54, 1.807) is 30.3 Å². The third-order valence-corrected chi connectivity index (χ3v) is 4.70. The average molecular weight is 437 g/mol. The van der Waals surface area contributed by atoms with Gasteiger partial charge in [-0.3, -0.25) is 4.79 Å². The molecule has 0 aliphatic carbocycles. The van der Waals surface area contributed by atoms with Crippen LogP contribution in [0.5, 0.6) is 11.5 Å². The summed E-state index contributed by atoms with van der Waals surface area (Å²) in [7, 11) is 1.49. The summed E-state index contributed by atoms with van der Waals surface area (Å²) in [5, 5.41) is 12.4. The van der Waals surface area contributed by atoms with Crippen LogP contribution in [0.4, 0.5) is 10.1 Å². The highest BCUT2D eigenvalue weighted by Crippen LogP contribution is 2.30. The van der Waals surface area contributed by atoms with E-state index in [9.17, 15) is 14.4 Å². The van der Waals surface area contributed by atoms with Crippen LogP contribution in [-0.2, 0) is 11.4 Å². The van der Waals surface area contributed by atoms with Gasteiger partial charge in [0.15, 0.2) is 11.5 Å². The summed E-state index contributed by atoms with van der Waals surface area (Å²) < 4.78 is 24.9. The van der Waals surface area contributed by atoms with E-state index in [-0.39, 0.29) is 17.9 Å². The molecule has 5 nitrogen and oxygen atoms in total. The van der Waals surface area contributed by atoms with Crippen molar-refractivity contribution in [2.24, 2.45) is 0 Å². The predicted molar refractivity (Wildman–Crippen MR) is 117 cm³/mol. The average Bonchev–Trinajstić information content (AvgIpc) is 2.78. The van der Waals surface area contributed by atoms with Crippen molar-refractivity contribution in [1.29, 1.82) is 5.26 Å². The quantitative estimate of drug-likeness (QED) is 0.386. The van der Waals surface area contributed by atoms with Crippen molar-refractivity contribution >= 4 is 29.3 Å². The lowest BCUT2D eigenvalue weighted by Gasteiger charge is -2.12. The molecule has 0 aliphatic rings. The minimum atomic E-state index is -0.717. The molecule has 0 saturated carbocycles. The van der Waals surface area contributed by atoms with Gasteiger partial charge in [0.05, 0.1) is 12.8 Å². The first-order chi connectivity index (χ1) is 15.0. The molecule has 0 bridgehead atoms. The number of methoxy groups -OCH3 is 1. The summed E-state index contributed by atoms with van der Waals surface area (Å²) in [6.07, 6.45) is 1.39. The van der Waals surface area contributed by atoms with Crippen LogP contribution in [0.15, 0.2) is 72.3 Å². The van der Waals surface area contributed by atoms with Gasteiger partial charge in [0.2, 0.25) is 0 Å². The van der Waals surface area contributed by atoms with E-state index >= 15 is 0 Å². The third kappa shape index (κ3) is 5.62. The number of anilines is 1. The third-order valence-electron chi connectivity index (χ3n) is 4.33. The normalized spacial score (nSPS) is 10.8. The molecule has 0 fully saturated rings. The number of amides is 1. The Bertz CT molecular complexity index is 1170. The molecule has 1 N–H and O–H groups in total. The van der Waals surface area contributed by atoms with Gasteiger partial charge in [-0.2, -0.15) is 5.26 Å². The molecule has 3 aromatic rings. The number of carbonyl (C=O) groups is 1. The van der Waals surface area contributed by atoms with E-state index in [1.807, 2.05) is 24.3 Å².